The van der Waals surface area contributed by atoms with E-state index < -0.39 is 18.2 Å². The minimum atomic E-state index is -4.61. The first kappa shape index (κ1) is 9.49. The lowest BCUT2D eigenvalue weighted by molar-refractivity contribution is 0.201. The molecule has 1 saturated heterocycles. The van der Waals surface area contributed by atoms with Crippen molar-refractivity contribution in [2.24, 2.45) is 0 Å². The Labute approximate surface area is 80.2 Å². The maximum atomic E-state index is 11.0. The van der Waals surface area contributed by atoms with Crippen LogP contribution < -0.4 is 4.83 Å². The van der Waals surface area contributed by atoms with Crippen LogP contribution >= 0.6 is 0 Å². The van der Waals surface area contributed by atoms with Crippen LogP contribution in [0.4, 0.5) is 0 Å². The number of hydrogen-bond acceptors (Lipinski definition) is 6. The molecule has 1 fully saturated rings. The first-order valence-corrected chi connectivity index (χ1v) is 6.94. The number of rotatable bonds is 0. The zero-order valence-corrected chi connectivity index (χ0v) is 8.38. The molecule has 14 heavy (non-hydrogen) atoms. The Balaban J connectivity index is 2.49. The largest absolute Gasteiger partial charge is 0.436 e. The summed E-state index contributed by atoms with van der Waals surface area (Å²) < 4.78 is 48.4. The summed E-state index contributed by atoms with van der Waals surface area (Å²) in [6.07, 6.45) is 4.57. The maximum absolute atomic E-state index is 11.0. The average molecular weight is 238 g/mol. The van der Waals surface area contributed by atoms with Gasteiger partial charge in [-0.3, -0.25) is 5.01 Å². The van der Waals surface area contributed by atoms with E-state index in [-0.39, 0.29) is 12.4 Å². The van der Waals surface area contributed by atoms with Crippen LogP contribution in [0.25, 0.3) is 0 Å². The highest BCUT2D eigenvalue weighted by molar-refractivity contribution is 8.64. The first-order valence-electron chi connectivity index (χ1n) is 3.54. The molecule has 2 heterocycles. The van der Waals surface area contributed by atoms with E-state index in [2.05, 4.69) is 4.18 Å². The fraction of sp³-hybridized carbons (Fsp3) is 0.200. The first-order chi connectivity index (χ1) is 6.42. The summed E-state index contributed by atoms with van der Waals surface area (Å²) in [7, 11) is -9.09. The molecule has 0 bridgehead atoms. The second-order valence-electron chi connectivity index (χ2n) is 2.58. The number of hydrazine groups is 1. The van der Waals surface area contributed by atoms with Gasteiger partial charge in [-0.05, 0) is 0 Å². The Kier molecular flexibility index (Phi) is 1.84. The lowest BCUT2D eigenvalue weighted by atomic mass is 10.4. The predicted molar refractivity (Wildman–Crippen MR) is 46.0 cm³/mol. The van der Waals surface area contributed by atoms with Crippen LogP contribution in [0.5, 0.6) is 0 Å². The van der Waals surface area contributed by atoms with Gasteiger partial charge >= 0.3 is 18.2 Å². The fourth-order valence-corrected chi connectivity index (χ4v) is 2.97. The van der Waals surface area contributed by atoms with Crippen molar-refractivity contribution in [2.45, 2.75) is 0 Å². The van der Waals surface area contributed by atoms with Crippen molar-refractivity contribution >= 4 is 18.2 Å². The maximum Gasteiger partial charge on any atom is 0.436 e. The molecule has 0 aromatic carbocycles. The van der Waals surface area contributed by atoms with Gasteiger partial charge in [0, 0.05) is 6.08 Å². The molecule has 0 aromatic heterocycles. The summed E-state index contributed by atoms with van der Waals surface area (Å²) in [6.45, 7) is 0.223. The standard InChI is InChI=1S/C5H6N2O5S2/c8-13(9)6-7-4-2-1-3-5(7)12-14(13,10)11/h1-3,6H,4H2. The molecule has 0 amide bonds. The van der Waals surface area contributed by atoms with Gasteiger partial charge < -0.3 is 4.18 Å². The molecule has 78 valence electrons. The summed E-state index contributed by atoms with van der Waals surface area (Å²) in [5.41, 5.74) is 0. The van der Waals surface area contributed by atoms with Crippen molar-refractivity contribution in [3.8, 4) is 0 Å². The van der Waals surface area contributed by atoms with Gasteiger partial charge in [0.15, 0.2) is 0 Å². The SMILES string of the molecule is O=S1(=O)NN2CC=CC=C2OS1(=O)=O. The lowest BCUT2D eigenvalue weighted by Gasteiger charge is -2.30. The van der Waals surface area contributed by atoms with Gasteiger partial charge in [0.2, 0.25) is 5.88 Å². The Bertz CT molecular complexity index is 514. The monoisotopic (exact) mass is 238 g/mol. The van der Waals surface area contributed by atoms with Crippen molar-refractivity contribution in [3.05, 3.63) is 24.1 Å². The van der Waals surface area contributed by atoms with Gasteiger partial charge in [0.25, 0.3) is 0 Å². The molecule has 0 aromatic rings. The smallest absolute Gasteiger partial charge is 0.350 e. The van der Waals surface area contributed by atoms with Crippen LogP contribution in [0.2, 0.25) is 0 Å². The van der Waals surface area contributed by atoms with Crippen LogP contribution in [0.15, 0.2) is 24.1 Å². The molecule has 0 radical (unpaired) electrons. The molecule has 2 rings (SSSR count). The molecule has 9 heteroatoms. The van der Waals surface area contributed by atoms with Gasteiger partial charge in [0.1, 0.15) is 0 Å². The molecule has 2 aliphatic heterocycles. The minimum absolute atomic E-state index is 0.0534. The highest BCUT2D eigenvalue weighted by Gasteiger charge is 2.41. The zero-order valence-electron chi connectivity index (χ0n) is 6.74. The molecule has 1 N–H and O–H groups in total. The molecule has 7 nitrogen and oxygen atoms in total. The minimum Gasteiger partial charge on any atom is -0.350 e. The predicted octanol–water partition coefficient (Wildman–Crippen LogP) is -1.19. The molecule has 0 aliphatic carbocycles. The van der Waals surface area contributed by atoms with Crippen molar-refractivity contribution in [1.82, 2.24) is 9.84 Å². The highest BCUT2D eigenvalue weighted by Crippen LogP contribution is 2.21. The Morgan fingerprint density at radius 3 is 2.79 bits per heavy atom. The molecule has 0 spiro atoms. The number of nitrogens with zero attached hydrogens (tertiary/aromatic N) is 1. The molecular weight excluding hydrogens is 232 g/mol. The Morgan fingerprint density at radius 1 is 1.36 bits per heavy atom. The van der Waals surface area contributed by atoms with Crippen molar-refractivity contribution < 1.29 is 21.0 Å². The van der Waals surface area contributed by atoms with Crippen molar-refractivity contribution in [2.75, 3.05) is 6.54 Å². The summed E-state index contributed by atoms with van der Waals surface area (Å²) in [5.74, 6) is -0.0534. The molecular formula is C5H6N2O5S2. The molecule has 2 aliphatic rings. The number of allylic oxidation sites excluding steroid dienone is 2. The van der Waals surface area contributed by atoms with Crippen LogP contribution in [-0.4, -0.2) is 28.4 Å². The van der Waals surface area contributed by atoms with E-state index in [4.69, 9.17) is 0 Å². The number of fused-ring (bicyclic) bond motifs is 1. The van der Waals surface area contributed by atoms with Crippen LogP contribution in [0, 0.1) is 0 Å². The van der Waals surface area contributed by atoms with Gasteiger partial charge in [-0.2, -0.15) is 16.8 Å². The summed E-state index contributed by atoms with van der Waals surface area (Å²) in [4.78, 5) is 1.86. The van der Waals surface area contributed by atoms with E-state index >= 15 is 0 Å². The lowest BCUT2D eigenvalue weighted by Crippen LogP contribution is -2.50. The second kappa shape index (κ2) is 2.72. The van der Waals surface area contributed by atoms with E-state index in [1.54, 1.807) is 12.2 Å². The zero-order chi connectivity index (χ0) is 10.4. The van der Waals surface area contributed by atoms with Crippen LogP contribution in [-0.2, 0) is 22.4 Å². The van der Waals surface area contributed by atoms with Crippen LogP contribution in [0.1, 0.15) is 0 Å². The Hall–Kier alpha value is -1.06. The molecule has 0 atom stereocenters. The molecule has 0 saturated carbocycles. The highest BCUT2D eigenvalue weighted by atomic mass is 33.2. The molecule has 0 unspecified atom stereocenters. The van der Waals surface area contributed by atoms with E-state index in [1.807, 2.05) is 4.83 Å². The normalized spacial score (nSPS) is 27.4. The van der Waals surface area contributed by atoms with Gasteiger partial charge in [-0.1, -0.05) is 12.2 Å². The van der Waals surface area contributed by atoms with E-state index in [1.165, 1.54) is 6.08 Å². The third-order valence-corrected chi connectivity index (χ3v) is 5.00. The summed E-state index contributed by atoms with van der Waals surface area (Å²) in [6, 6.07) is 0. The van der Waals surface area contributed by atoms with E-state index in [0.717, 1.165) is 5.01 Å². The van der Waals surface area contributed by atoms with Crippen LogP contribution in [0.3, 0.4) is 0 Å². The number of nitrogens with one attached hydrogen (secondary N) is 1. The Morgan fingerprint density at radius 2 is 2.07 bits per heavy atom. The third-order valence-electron chi connectivity index (χ3n) is 1.61. The average Bonchev–Trinajstić information content (AvgIpc) is 2.05. The third kappa shape index (κ3) is 1.29. The fourth-order valence-electron chi connectivity index (χ4n) is 0.982. The summed E-state index contributed by atoms with van der Waals surface area (Å²) in [5, 5.41) is 1.08. The quantitative estimate of drug-likeness (QED) is 0.533. The van der Waals surface area contributed by atoms with E-state index in [9.17, 15) is 16.8 Å². The summed E-state index contributed by atoms with van der Waals surface area (Å²) >= 11 is 0. The second-order valence-corrected chi connectivity index (χ2v) is 7.20. The topological polar surface area (TPSA) is 92.8 Å². The van der Waals surface area contributed by atoms with E-state index in [0.29, 0.717) is 0 Å². The van der Waals surface area contributed by atoms with Gasteiger partial charge in [-0.15, -0.1) is 4.83 Å². The van der Waals surface area contributed by atoms with Crippen molar-refractivity contribution in [1.29, 1.82) is 0 Å². The van der Waals surface area contributed by atoms with Gasteiger partial charge in [-0.25, -0.2) is 0 Å². The van der Waals surface area contributed by atoms with Gasteiger partial charge in [0.05, 0.1) is 6.54 Å². The number of hydrogen-bond donors (Lipinski definition) is 1. The van der Waals surface area contributed by atoms with Crippen molar-refractivity contribution in [3.63, 3.8) is 0 Å².